The van der Waals surface area contributed by atoms with Gasteiger partial charge in [-0.1, -0.05) is 30.3 Å². The van der Waals surface area contributed by atoms with Gasteiger partial charge in [-0.25, -0.2) is 4.79 Å². The van der Waals surface area contributed by atoms with Crippen molar-refractivity contribution in [3.8, 4) is 0 Å². The molecular weight excluding hydrogens is 324 g/mol. The summed E-state index contributed by atoms with van der Waals surface area (Å²) in [4.78, 5) is 36.3. The van der Waals surface area contributed by atoms with Crippen molar-refractivity contribution in [2.75, 3.05) is 0 Å². The molecule has 3 amide bonds. The standard InChI is InChI=1S/C18H16N2O5/c1-12(21)24-11-15-8-7-14(25-15)9-16-17(22)19-18(23)20(16)10-13-5-3-2-4-6-13/h2-9H,10-11H2,1H3,(H,19,22,23). The molecule has 2 aromatic rings. The van der Waals surface area contributed by atoms with E-state index in [1.807, 2.05) is 30.3 Å². The van der Waals surface area contributed by atoms with Crippen molar-refractivity contribution in [2.24, 2.45) is 0 Å². The third-order valence-electron chi connectivity index (χ3n) is 3.55. The van der Waals surface area contributed by atoms with E-state index in [0.29, 0.717) is 11.5 Å². The van der Waals surface area contributed by atoms with Gasteiger partial charge in [0.15, 0.2) is 0 Å². The van der Waals surface area contributed by atoms with Crippen LogP contribution < -0.4 is 5.32 Å². The van der Waals surface area contributed by atoms with E-state index in [1.165, 1.54) is 17.9 Å². The molecule has 1 aromatic heterocycles. The highest BCUT2D eigenvalue weighted by atomic mass is 16.5. The Hall–Kier alpha value is -3.35. The second kappa shape index (κ2) is 7.04. The molecule has 0 bridgehead atoms. The Bertz CT molecular complexity index is 838. The summed E-state index contributed by atoms with van der Waals surface area (Å²) < 4.78 is 10.4. The Labute approximate surface area is 143 Å². The molecule has 3 rings (SSSR count). The number of carbonyl (C=O) groups excluding carboxylic acids is 3. The van der Waals surface area contributed by atoms with Crippen molar-refractivity contribution >= 4 is 24.0 Å². The van der Waals surface area contributed by atoms with Gasteiger partial charge >= 0.3 is 12.0 Å². The lowest BCUT2D eigenvalue weighted by Crippen LogP contribution is -2.27. The lowest BCUT2D eigenvalue weighted by atomic mass is 10.2. The van der Waals surface area contributed by atoms with Crippen LogP contribution in [-0.4, -0.2) is 22.8 Å². The highest BCUT2D eigenvalue weighted by Gasteiger charge is 2.33. The molecule has 7 nitrogen and oxygen atoms in total. The molecule has 1 saturated heterocycles. The lowest BCUT2D eigenvalue weighted by molar-refractivity contribution is -0.142. The minimum Gasteiger partial charge on any atom is -0.458 e. The number of rotatable bonds is 5. The van der Waals surface area contributed by atoms with Crippen LogP contribution in [0.2, 0.25) is 0 Å². The van der Waals surface area contributed by atoms with Crippen molar-refractivity contribution < 1.29 is 23.5 Å². The molecule has 1 aromatic carbocycles. The zero-order valence-electron chi connectivity index (χ0n) is 13.5. The number of urea groups is 1. The number of nitrogens with zero attached hydrogens (tertiary/aromatic N) is 1. The number of furan rings is 1. The summed E-state index contributed by atoms with van der Waals surface area (Å²) in [6.07, 6.45) is 1.49. The summed E-state index contributed by atoms with van der Waals surface area (Å²) in [7, 11) is 0. The Morgan fingerprint density at radius 1 is 1.20 bits per heavy atom. The van der Waals surface area contributed by atoms with Crippen LogP contribution in [0.15, 0.2) is 52.6 Å². The molecule has 0 spiro atoms. The molecule has 1 N–H and O–H groups in total. The number of nitrogens with one attached hydrogen (secondary N) is 1. The van der Waals surface area contributed by atoms with Crippen molar-refractivity contribution in [3.05, 3.63) is 65.2 Å². The summed E-state index contributed by atoms with van der Waals surface area (Å²) >= 11 is 0. The van der Waals surface area contributed by atoms with E-state index in [2.05, 4.69) is 5.32 Å². The van der Waals surface area contributed by atoms with Crippen LogP contribution in [-0.2, 0) is 27.5 Å². The molecule has 7 heteroatoms. The van der Waals surface area contributed by atoms with Crippen LogP contribution in [0.25, 0.3) is 6.08 Å². The van der Waals surface area contributed by atoms with Gasteiger partial charge in [0, 0.05) is 13.0 Å². The molecule has 25 heavy (non-hydrogen) atoms. The van der Waals surface area contributed by atoms with E-state index in [1.54, 1.807) is 12.1 Å². The monoisotopic (exact) mass is 340 g/mol. The van der Waals surface area contributed by atoms with E-state index in [0.717, 1.165) is 5.56 Å². The first-order chi connectivity index (χ1) is 12.0. The van der Waals surface area contributed by atoms with Gasteiger partial charge in [-0.15, -0.1) is 0 Å². The zero-order valence-corrected chi connectivity index (χ0v) is 13.5. The summed E-state index contributed by atoms with van der Waals surface area (Å²) in [6, 6.07) is 12.2. The van der Waals surface area contributed by atoms with Crippen molar-refractivity contribution in [1.29, 1.82) is 0 Å². The highest BCUT2D eigenvalue weighted by molar-refractivity contribution is 6.13. The quantitative estimate of drug-likeness (QED) is 0.513. The molecule has 0 aliphatic carbocycles. The third kappa shape index (κ3) is 3.95. The Balaban J connectivity index is 1.80. The summed E-state index contributed by atoms with van der Waals surface area (Å²) in [5.74, 6) is -0.0635. The average molecular weight is 340 g/mol. The lowest BCUT2D eigenvalue weighted by Gasteiger charge is -2.14. The van der Waals surface area contributed by atoms with Crippen LogP contribution in [0.3, 0.4) is 0 Å². The molecule has 0 unspecified atom stereocenters. The number of ether oxygens (including phenoxy) is 1. The maximum atomic E-state index is 12.1. The zero-order chi connectivity index (χ0) is 17.8. The molecule has 1 aliphatic rings. The van der Waals surface area contributed by atoms with Crippen molar-refractivity contribution in [3.63, 3.8) is 0 Å². The topological polar surface area (TPSA) is 88.8 Å². The molecule has 2 heterocycles. The Kier molecular flexibility index (Phi) is 4.65. The van der Waals surface area contributed by atoms with E-state index >= 15 is 0 Å². The largest absolute Gasteiger partial charge is 0.458 e. The van der Waals surface area contributed by atoms with Crippen LogP contribution >= 0.6 is 0 Å². The van der Waals surface area contributed by atoms with Crippen LogP contribution in [0, 0.1) is 0 Å². The molecule has 1 fully saturated rings. The number of carbonyl (C=O) groups is 3. The van der Waals surface area contributed by atoms with Gasteiger partial charge in [0.05, 0.1) is 6.54 Å². The van der Waals surface area contributed by atoms with Gasteiger partial charge in [0.1, 0.15) is 23.8 Å². The van der Waals surface area contributed by atoms with Crippen LogP contribution in [0.1, 0.15) is 24.0 Å². The number of amides is 3. The first-order valence-corrected chi connectivity index (χ1v) is 7.63. The summed E-state index contributed by atoms with van der Waals surface area (Å²) in [5, 5.41) is 2.27. The van der Waals surface area contributed by atoms with Gasteiger partial charge in [-0.2, -0.15) is 0 Å². The Morgan fingerprint density at radius 3 is 2.68 bits per heavy atom. The van der Waals surface area contributed by atoms with Crippen LogP contribution in [0.4, 0.5) is 4.79 Å². The number of benzene rings is 1. The number of hydrogen-bond donors (Lipinski definition) is 1. The van der Waals surface area contributed by atoms with Gasteiger partial charge in [-0.3, -0.25) is 19.8 Å². The van der Waals surface area contributed by atoms with Gasteiger partial charge in [0.2, 0.25) is 0 Å². The normalized spacial score (nSPS) is 15.6. The second-order valence-electron chi connectivity index (χ2n) is 5.44. The van der Waals surface area contributed by atoms with Crippen molar-refractivity contribution in [1.82, 2.24) is 10.2 Å². The number of hydrogen-bond acceptors (Lipinski definition) is 5. The predicted molar refractivity (Wildman–Crippen MR) is 87.7 cm³/mol. The fourth-order valence-corrected chi connectivity index (χ4v) is 2.38. The van der Waals surface area contributed by atoms with E-state index in [-0.39, 0.29) is 18.8 Å². The molecule has 128 valence electrons. The van der Waals surface area contributed by atoms with E-state index in [9.17, 15) is 14.4 Å². The SMILES string of the molecule is CC(=O)OCc1ccc(C=C2C(=O)NC(=O)N2Cc2ccccc2)o1. The summed E-state index contributed by atoms with van der Waals surface area (Å²) in [5.41, 5.74) is 1.09. The van der Waals surface area contributed by atoms with E-state index in [4.69, 9.17) is 9.15 Å². The molecule has 0 radical (unpaired) electrons. The number of esters is 1. The average Bonchev–Trinajstić information content (AvgIpc) is 3.14. The number of imide groups is 1. The van der Waals surface area contributed by atoms with Gasteiger partial charge < -0.3 is 9.15 Å². The first kappa shape index (κ1) is 16.5. The molecule has 0 saturated carbocycles. The van der Waals surface area contributed by atoms with Crippen LogP contribution in [0.5, 0.6) is 0 Å². The van der Waals surface area contributed by atoms with E-state index < -0.39 is 17.9 Å². The maximum Gasteiger partial charge on any atom is 0.329 e. The van der Waals surface area contributed by atoms with Crippen molar-refractivity contribution in [2.45, 2.75) is 20.1 Å². The summed E-state index contributed by atoms with van der Waals surface area (Å²) in [6.45, 7) is 1.59. The minimum absolute atomic E-state index is 0.0113. The maximum absolute atomic E-state index is 12.1. The highest BCUT2D eigenvalue weighted by Crippen LogP contribution is 2.21. The fraction of sp³-hybridized carbons (Fsp3) is 0.167. The third-order valence-corrected chi connectivity index (χ3v) is 3.55. The fourth-order valence-electron chi connectivity index (χ4n) is 2.38. The predicted octanol–water partition coefficient (Wildman–Crippen LogP) is 2.44. The first-order valence-electron chi connectivity index (χ1n) is 7.63. The van der Waals surface area contributed by atoms with Gasteiger partial charge in [0.25, 0.3) is 5.91 Å². The Morgan fingerprint density at radius 2 is 1.96 bits per heavy atom. The molecular formula is C18H16N2O5. The molecule has 0 atom stereocenters. The second-order valence-corrected chi connectivity index (χ2v) is 5.44. The van der Waals surface area contributed by atoms with Gasteiger partial charge in [-0.05, 0) is 17.7 Å². The molecule has 1 aliphatic heterocycles. The smallest absolute Gasteiger partial charge is 0.329 e. The minimum atomic E-state index is -0.487.